The Morgan fingerprint density at radius 2 is 1.84 bits per heavy atom. The van der Waals surface area contributed by atoms with Crippen molar-refractivity contribution in [2.24, 2.45) is 0 Å². The number of fused-ring (bicyclic) bond motifs is 1. The topological polar surface area (TPSA) is 29.5 Å². The molecule has 0 aliphatic carbocycles. The summed E-state index contributed by atoms with van der Waals surface area (Å²) in [5, 5.41) is 0.685. The SMILES string of the molecule is CC(C)c1cc(Br)cc2c1N(C(=O)OCc1ccccc1)C(c1ccc(Cl)cc1)CC2. The molecule has 4 rings (SSSR count). The van der Waals surface area contributed by atoms with Crippen LogP contribution in [0.4, 0.5) is 10.5 Å². The van der Waals surface area contributed by atoms with Gasteiger partial charge in [0.15, 0.2) is 0 Å². The third-order valence-electron chi connectivity index (χ3n) is 5.70. The van der Waals surface area contributed by atoms with Crippen LogP contribution in [0, 0.1) is 0 Å². The van der Waals surface area contributed by atoms with Gasteiger partial charge in [-0.1, -0.05) is 83.8 Å². The first-order valence-electron chi connectivity index (χ1n) is 10.5. The summed E-state index contributed by atoms with van der Waals surface area (Å²) < 4.78 is 6.85. The molecule has 1 aliphatic heterocycles. The summed E-state index contributed by atoms with van der Waals surface area (Å²) in [4.78, 5) is 15.4. The van der Waals surface area contributed by atoms with Crippen LogP contribution < -0.4 is 4.90 Å². The average Bonchev–Trinajstić information content (AvgIpc) is 2.77. The van der Waals surface area contributed by atoms with Crippen LogP contribution in [0.15, 0.2) is 71.2 Å². The molecule has 0 saturated carbocycles. The van der Waals surface area contributed by atoms with Crippen molar-refractivity contribution >= 4 is 39.3 Å². The van der Waals surface area contributed by atoms with Gasteiger partial charge in [-0.25, -0.2) is 4.79 Å². The zero-order valence-electron chi connectivity index (χ0n) is 17.6. The van der Waals surface area contributed by atoms with E-state index >= 15 is 0 Å². The van der Waals surface area contributed by atoms with E-state index < -0.39 is 0 Å². The molecule has 0 saturated heterocycles. The lowest BCUT2D eigenvalue weighted by molar-refractivity contribution is 0.143. The van der Waals surface area contributed by atoms with E-state index in [-0.39, 0.29) is 24.7 Å². The number of hydrogen-bond donors (Lipinski definition) is 0. The highest BCUT2D eigenvalue weighted by molar-refractivity contribution is 9.10. The summed E-state index contributed by atoms with van der Waals surface area (Å²) in [5.74, 6) is 0.264. The lowest BCUT2D eigenvalue weighted by atomic mass is 9.87. The van der Waals surface area contributed by atoms with Crippen molar-refractivity contribution in [3.8, 4) is 0 Å². The molecular formula is C26H25BrClNO2. The molecule has 0 bridgehead atoms. The molecule has 1 unspecified atom stereocenters. The summed E-state index contributed by atoms with van der Waals surface area (Å²) in [5.41, 5.74) is 5.31. The maximum absolute atomic E-state index is 13.5. The fraction of sp³-hybridized carbons (Fsp3) is 0.269. The van der Waals surface area contributed by atoms with Crippen molar-refractivity contribution in [3.63, 3.8) is 0 Å². The Morgan fingerprint density at radius 1 is 1.13 bits per heavy atom. The van der Waals surface area contributed by atoms with Gasteiger partial charge in [0, 0.05) is 9.50 Å². The predicted molar refractivity (Wildman–Crippen MR) is 130 cm³/mol. The van der Waals surface area contributed by atoms with Crippen LogP contribution in [0.2, 0.25) is 5.02 Å². The standard InChI is InChI=1S/C26H25BrClNO2/c1-17(2)23-15-21(27)14-20-10-13-24(19-8-11-22(28)12-9-19)29(25(20)23)26(30)31-16-18-6-4-3-5-7-18/h3-9,11-12,14-15,17,24H,10,13,16H2,1-2H3. The van der Waals surface area contributed by atoms with Gasteiger partial charge >= 0.3 is 6.09 Å². The Kier molecular flexibility index (Phi) is 6.68. The van der Waals surface area contributed by atoms with Gasteiger partial charge in [-0.3, -0.25) is 4.90 Å². The number of ether oxygens (including phenoxy) is 1. The molecule has 0 radical (unpaired) electrons. The third-order valence-corrected chi connectivity index (χ3v) is 6.41. The van der Waals surface area contributed by atoms with Gasteiger partial charge < -0.3 is 4.74 Å². The van der Waals surface area contributed by atoms with E-state index in [4.69, 9.17) is 16.3 Å². The van der Waals surface area contributed by atoms with Crippen molar-refractivity contribution in [1.82, 2.24) is 0 Å². The Hall–Kier alpha value is -2.30. The Balaban J connectivity index is 1.75. The van der Waals surface area contributed by atoms with Gasteiger partial charge in [-0.2, -0.15) is 0 Å². The average molecular weight is 499 g/mol. The van der Waals surface area contributed by atoms with Crippen LogP contribution in [0.3, 0.4) is 0 Å². The highest BCUT2D eigenvalue weighted by atomic mass is 79.9. The molecular weight excluding hydrogens is 474 g/mol. The number of anilines is 1. The number of hydrogen-bond acceptors (Lipinski definition) is 2. The number of benzene rings is 3. The van der Waals surface area contributed by atoms with E-state index in [1.165, 1.54) is 5.56 Å². The summed E-state index contributed by atoms with van der Waals surface area (Å²) in [6, 6.07) is 21.7. The van der Waals surface area contributed by atoms with Crippen LogP contribution >= 0.6 is 27.5 Å². The van der Waals surface area contributed by atoms with Crippen LogP contribution in [-0.2, 0) is 17.8 Å². The number of amides is 1. The third kappa shape index (κ3) is 4.81. The van der Waals surface area contributed by atoms with E-state index in [1.807, 2.05) is 59.5 Å². The van der Waals surface area contributed by atoms with Crippen molar-refractivity contribution in [1.29, 1.82) is 0 Å². The predicted octanol–water partition coefficient (Wildman–Crippen LogP) is 8.06. The van der Waals surface area contributed by atoms with Crippen LogP contribution in [0.1, 0.15) is 54.5 Å². The van der Waals surface area contributed by atoms with E-state index in [0.29, 0.717) is 5.02 Å². The summed E-state index contributed by atoms with van der Waals surface area (Å²) in [6.45, 7) is 4.55. The molecule has 1 amide bonds. The van der Waals surface area contributed by atoms with Crippen molar-refractivity contribution in [3.05, 3.63) is 98.5 Å². The minimum atomic E-state index is -0.325. The van der Waals surface area contributed by atoms with Gasteiger partial charge in [0.25, 0.3) is 0 Å². The van der Waals surface area contributed by atoms with E-state index in [9.17, 15) is 4.79 Å². The van der Waals surface area contributed by atoms with Crippen LogP contribution in [0.25, 0.3) is 0 Å². The summed E-state index contributed by atoms with van der Waals surface area (Å²) in [6.07, 6.45) is 1.39. The van der Waals surface area contributed by atoms with Gasteiger partial charge in [0.2, 0.25) is 0 Å². The fourth-order valence-electron chi connectivity index (χ4n) is 4.19. The molecule has 3 aromatic carbocycles. The highest BCUT2D eigenvalue weighted by Gasteiger charge is 2.35. The Morgan fingerprint density at radius 3 is 2.52 bits per heavy atom. The summed E-state index contributed by atoms with van der Waals surface area (Å²) >= 11 is 9.77. The van der Waals surface area contributed by atoms with E-state index in [0.717, 1.165) is 39.7 Å². The zero-order chi connectivity index (χ0) is 22.0. The molecule has 1 aliphatic rings. The highest BCUT2D eigenvalue weighted by Crippen LogP contribution is 2.44. The van der Waals surface area contributed by atoms with Gasteiger partial charge in [-0.05, 0) is 65.3 Å². The molecule has 0 spiro atoms. The first-order chi connectivity index (χ1) is 14.9. The van der Waals surface area contributed by atoms with Crippen molar-refractivity contribution in [2.45, 2.75) is 45.3 Å². The van der Waals surface area contributed by atoms with Crippen LogP contribution in [0.5, 0.6) is 0 Å². The fourth-order valence-corrected chi connectivity index (χ4v) is 4.84. The minimum absolute atomic E-state index is 0.105. The molecule has 0 N–H and O–H groups in total. The number of carbonyl (C=O) groups is 1. The molecule has 160 valence electrons. The second-order valence-electron chi connectivity index (χ2n) is 8.17. The van der Waals surface area contributed by atoms with Crippen molar-refractivity contribution in [2.75, 3.05) is 4.90 Å². The normalized spacial score (nSPS) is 15.6. The molecule has 5 heteroatoms. The zero-order valence-corrected chi connectivity index (χ0v) is 20.0. The maximum Gasteiger partial charge on any atom is 0.415 e. The monoisotopic (exact) mass is 497 g/mol. The number of aryl methyl sites for hydroxylation is 1. The second-order valence-corrected chi connectivity index (χ2v) is 9.53. The maximum atomic E-state index is 13.5. The van der Waals surface area contributed by atoms with Gasteiger partial charge in [0.1, 0.15) is 6.61 Å². The Bertz CT molecular complexity index is 1070. The molecule has 0 fully saturated rings. The lowest BCUT2D eigenvalue weighted by Crippen LogP contribution is -2.39. The lowest BCUT2D eigenvalue weighted by Gasteiger charge is -2.39. The summed E-state index contributed by atoms with van der Waals surface area (Å²) in [7, 11) is 0. The first kappa shape index (κ1) is 21.9. The molecule has 1 atom stereocenters. The van der Waals surface area contributed by atoms with Crippen LogP contribution in [-0.4, -0.2) is 6.09 Å². The number of carbonyl (C=O) groups excluding carboxylic acids is 1. The molecule has 31 heavy (non-hydrogen) atoms. The minimum Gasteiger partial charge on any atom is -0.444 e. The van der Waals surface area contributed by atoms with Gasteiger partial charge in [0.05, 0.1) is 11.7 Å². The number of halogens is 2. The molecule has 3 nitrogen and oxygen atoms in total. The van der Waals surface area contributed by atoms with Crippen molar-refractivity contribution < 1.29 is 9.53 Å². The smallest absolute Gasteiger partial charge is 0.415 e. The van der Waals surface area contributed by atoms with E-state index in [2.05, 4.69) is 41.9 Å². The first-order valence-corrected chi connectivity index (χ1v) is 11.7. The second kappa shape index (κ2) is 9.46. The van der Waals surface area contributed by atoms with E-state index in [1.54, 1.807) is 0 Å². The Labute approximate surface area is 197 Å². The largest absolute Gasteiger partial charge is 0.444 e. The molecule has 1 heterocycles. The number of rotatable bonds is 4. The molecule has 0 aromatic heterocycles. The quantitative estimate of drug-likeness (QED) is 0.364. The number of nitrogens with zero attached hydrogens (tertiary/aromatic N) is 1. The van der Waals surface area contributed by atoms with Gasteiger partial charge in [-0.15, -0.1) is 0 Å². The molecule has 3 aromatic rings.